The minimum Gasteiger partial charge on any atom is -0.497 e. The first-order valence-corrected chi connectivity index (χ1v) is 8.50. The summed E-state index contributed by atoms with van der Waals surface area (Å²) in [6.45, 7) is 4.60. The van der Waals surface area contributed by atoms with Crippen molar-refractivity contribution in [2.75, 3.05) is 13.7 Å². The fourth-order valence-electron chi connectivity index (χ4n) is 2.49. The second-order valence-corrected chi connectivity index (χ2v) is 6.52. The average molecular weight is 357 g/mol. The molecular formula is C17H25ClN2O2S. The van der Waals surface area contributed by atoms with Crippen molar-refractivity contribution in [3.8, 4) is 5.75 Å². The van der Waals surface area contributed by atoms with Crippen molar-refractivity contribution in [3.05, 3.63) is 28.6 Å². The highest BCUT2D eigenvalue weighted by Gasteiger charge is 2.18. The van der Waals surface area contributed by atoms with E-state index in [-0.39, 0.29) is 24.4 Å². The normalized spacial score (nSPS) is 11.8. The molecule has 2 aromatic rings. The molecule has 1 heterocycles. The number of aryl methyl sites for hydroxylation is 1. The zero-order chi connectivity index (χ0) is 16.1. The third-order valence-corrected chi connectivity index (χ3v) is 5.15. The molecule has 4 nitrogen and oxygen atoms in total. The maximum Gasteiger partial charge on any atom is 0.261 e. The van der Waals surface area contributed by atoms with Gasteiger partial charge in [0.05, 0.1) is 12.0 Å². The smallest absolute Gasteiger partial charge is 0.261 e. The predicted octanol–water partition coefficient (Wildman–Crippen LogP) is 3.89. The number of nitrogens with two attached hydrogens (primary N) is 1. The van der Waals surface area contributed by atoms with Crippen molar-refractivity contribution in [3.63, 3.8) is 0 Å². The molecule has 0 bridgehead atoms. The van der Waals surface area contributed by atoms with Crippen LogP contribution in [0.5, 0.6) is 5.75 Å². The van der Waals surface area contributed by atoms with Gasteiger partial charge in [-0.15, -0.1) is 23.7 Å². The number of unbranched alkanes of at least 4 members (excludes halogenated alkanes) is 1. The molecule has 0 aliphatic rings. The van der Waals surface area contributed by atoms with Crippen LogP contribution >= 0.6 is 23.7 Å². The summed E-state index contributed by atoms with van der Waals surface area (Å²) in [6, 6.07) is 5.95. The van der Waals surface area contributed by atoms with Gasteiger partial charge in [-0.3, -0.25) is 4.79 Å². The summed E-state index contributed by atoms with van der Waals surface area (Å²) in [5.74, 6) is 0.785. The summed E-state index contributed by atoms with van der Waals surface area (Å²) in [6.07, 6.45) is 3.11. The highest BCUT2D eigenvalue weighted by molar-refractivity contribution is 7.21. The van der Waals surface area contributed by atoms with Gasteiger partial charge in [0.2, 0.25) is 0 Å². The lowest BCUT2D eigenvalue weighted by Gasteiger charge is -2.16. The fraction of sp³-hybridized carbons (Fsp3) is 0.471. The van der Waals surface area contributed by atoms with Crippen LogP contribution in [0.3, 0.4) is 0 Å². The first-order valence-electron chi connectivity index (χ1n) is 7.68. The van der Waals surface area contributed by atoms with Gasteiger partial charge in [-0.1, -0.05) is 19.8 Å². The summed E-state index contributed by atoms with van der Waals surface area (Å²) >= 11 is 1.52. The number of ether oxygens (including phenoxy) is 1. The number of hydrogen-bond donors (Lipinski definition) is 2. The second kappa shape index (κ2) is 9.11. The number of amides is 1. The number of thiophene rings is 1. The number of fused-ring (bicyclic) bond motifs is 1. The van der Waals surface area contributed by atoms with E-state index in [0.29, 0.717) is 6.54 Å². The van der Waals surface area contributed by atoms with Crippen molar-refractivity contribution in [2.45, 2.75) is 39.2 Å². The van der Waals surface area contributed by atoms with Crippen LogP contribution in [-0.2, 0) is 0 Å². The first-order chi connectivity index (χ1) is 10.6. The Hall–Kier alpha value is -1.30. The third-order valence-electron chi connectivity index (χ3n) is 3.88. The van der Waals surface area contributed by atoms with Crippen LogP contribution in [0.15, 0.2) is 18.2 Å². The molecule has 128 valence electrons. The number of methoxy groups -OCH3 is 1. The number of carbonyl (C=O) groups is 1. The van der Waals surface area contributed by atoms with Crippen LogP contribution < -0.4 is 15.8 Å². The molecule has 0 aliphatic heterocycles. The quantitative estimate of drug-likeness (QED) is 0.791. The maximum absolute atomic E-state index is 12.5. The number of hydrogen-bond acceptors (Lipinski definition) is 4. The standard InChI is InChI=1S/C17H24N2O2S.ClH/c1-4-5-6-12(10-18)19-17(20)16-11(2)14-9-13(21-3)7-8-15(14)22-16;/h7-9,12H,4-6,10,18H2,1-3H3,(H,19,20);1H. The summed E-state index contributed by atoms with van der Waals surface area (Å²) in [7, 11) is 1.65. The Labute approximate surface area is 147 Å². The molecule has 1 aromatic carbocycles. The zero-order valence-corrected chi connectivity index (χ0v) is 15.5. The molecule has 0 fully saturated rings. The molecule has 23 heavy (non-hydrogen) atoms. The molecular weight excluding hydrogens is 332 g/mol. The minimum absolute atomic E-state index is 0. The van der Waals surface area contributed by atoms with Gasteiger partial charge >= 0.3 is 0 Å². The van der Waals surface area contributed by atoms with Crippen molar-refractivity contribution in [1.82, 2.24) is 5.32 Å². The van der Waals surface area contributed by atoms with Crippen molar-refractivity contribution < 1.29 is 9.53 Å². The van der Waals surface area contributed by atoms with Gasteiger partial charge < -0.3 is 15.8 Å². The zero-order valence-electron chi connectivity index (χ0n) is 13.8. The van der Waals surface area contributed by atoms with E-state index in [1.165, 1.54) is 11.3 Å². The van der Waals surface area contributed by atoms with Crippen LogP contribution in [0, 0.1) is 6.92 Å². The summed E-state index contributed by atoms with van der Waals surface area (Å²) < 4.78 is 6.36. The van der Waals surface area contributed by atoms with Gasteiger partial charge in [0, 0.05) is 17.3 Å². The van der Waals surface area contributed by atoms with E-state index in [2.05, 4.69) is 12.2 Å². The van der Waals surface area contributed by atoms with Gasteiger partial charge in [-0.05, 0) is 42.5 Å². The number of rotatable bonds is 7. The summed E-state index contributed by atoms with van der Waals surface area (Å²) in [5.41, 5.74) is 6.77. The number of nitrogens with one attached hydrogen (secondary N) is 1. The summed E-state index contributed by atoms with van der Waals surface area (Å²) in [5, 5.41) is 4.14. The fourth-order valence-corrected chi connectivity index (χ4v) is 3.59. The topological polar surface area (TPSA) is 64.3 Å². The predicted molar refractivity (Wildman–Crippen MR) is 100 cm³/mol. The molecule has 0 radical (unpaired) electrons. The molecule has 2 rings (SSSR count). The van der Waals surface area contributed by atoms with E-state index in [1.807, 2.05) is 25.1 Å². The molecule has 0 aliphatic carbocycles. The lowest BCUT2D eigenvalue weighted by Crippen LogP contribution is -2.40. The van der Waals surface area contributed by atoms with Crippen molar-refractivity contribution in [1.29, 1.82) is 0 Å². The van der Waals surface area contributed by atoms with Gasteiger partial charge in [-0.2, -0.15) is 0 Å². The van der Waals surface area contributed by atoms with Crippen molar-refractivity contribution >= 4 is 39.7 Å². The molecule has 0 saturated carbocycles. The van der Waals surface area contributed by atoms with Gasteiger partial charge in [0.1, 0.15) is 5.75 Å². The molecule has 1 unspecified atom stereocenters. The van der Waals surface area contributed by atoms with Crippen LogP contribution in [0.2, 0.25) is 0 Å². The lowest BCUT2D eigenvalue weighted by atomic mass is 10.1. The number of halogens is 1. The Kier molecular flexibility index (Phi) is 7.82. The van der Waals surface area contributed by atoms with E-state index in [4.69, 9.17) is 10.5 Å². The third kappa shape index (κ3) is 4.59. The van der Waals surface area contributed by atoms with E-state index in [0.717, 1.165) is 45.5 Å². The van der Waals surface area contributed by atoms with Gasteiger partial charge in [0.25, 0.3) is 5.91 Å². The van der Waals surface area contributed by atoms with E-state index in [1.54, 1.807) is 7.11 Å². The molecule has 1 amide bonds. The molecule has 0 spiro atoms. The highest BCUT2D eigenvalue weighted by Crippen LogP contribution is 2.33. The van der Waals surface area contributed by atoms with Gasteiger partial charge in [0.15, 0.2) is 0 Å². The lowest BCUT2D eigenvalue weighted by molar-refractivity contribution is 0.0939. The minimum atomic E-state index is -0.0239. The Morgan fingerprint density at radius 1 is 1.43 bits per heavy atom. The van der Waals surface area contributed by atoms with Gasteiger partial charge in [-0.25, -0.2) is 0 Å². The Balaban J connectivity index is 0.00000264. The molecule has 3 N–H and O–H groups in total. The monoisotopic (exact) mass is 356 g/mol. The Bertz CT molecular complexity index is 657. The maximum atomic E-state index is 12.5. The summed E-state index contributed by atoms with van der Waals surface area (Å²) in [4.78, 5) is 13.3. The average Bonchev–Trinajstić information content (AvgIpc) is 2.87. The highest BCUT2D eigenvalue weighted by atomic mass is 35.5. The Morgan fingerprint density at radius 3 is 2.78 bits per heavy atom. The Morgan fingerprint density at radius 2 is 2.17 bits per heavy atom. The van der Waals surface area contributed by atoms with E-state index >= 15 is 0 Å². The van der Waals surface area contributed by atoms with Crippen molar-refractivity contribution in [2.24, 2.45) is 5.73 Å². The number of carbonyl (C=O) groups excluding carboxylic acids is 1. The van der Waals surface area contributed by atoms with Crippen LogP contribution in [0.4, 0.5) is 0 Å². The van der Waals surface area contributed by atoms with Crippen LogP contribution in [0.25, 0.3) is 10.1 Å². The molecule has 6 heteroatoms. The number of benzene rings is 1. The molecule has 0 saturated heterocycles. The SMILES string of the molecule is CCCCC(CN)NC(=O)c1sc2ccc(OC)cc2c1C.Cl. The van der Waals surface area contributed by atoms with E-state index < -0.39 is 0 Å². The van der Waals surface area contributed by atoms with E-state index in [9.17, 15) is 4.79 Å². The largest absolute Gasteiger partial charge is 0.497 e. The second-order valence-electron chi connectivity index (χ2n) is 5.47. The molecule has 1 aromatic heterocycles. The first kappa shape index (κ1) is 19.7. The van der Waals surface area contributed by atoms with Crippen LogP contribution in [-0.4, -0.2) is 25.6 Å². The van der Waals surface area contributed by atoms with Crippen LogP contribution in [0.1, 0.15) is 41.4 Å². The molecule has 1 atom stereocenters.